The quantitative estimate of drug-likeness (QED) is 0.629. The number of sulfone groups is 1. The topological polar surface area (TPSA) is 34.1 Å². The second kappa shape index (κ2) is 4.59. The summed E-state index contributed by atoms with van der Waals surface area (Å²) in [6, 6.07) is 5.58. The van der Waals surface area contributed by atoms with Gasteiger partial charge in [0.25, 0.3) is 0 Å². The van der Waals surface area contributed by atoms with Gasteiger partial charge in [-0.25, -0.2) is 17.2 Å². The minimum absolute atomic E-state index is 0.807. The molecule has 8 heteroatoms. The number of hydrogen-bond donors (Lipinski definition) is 0. The number of benzene rings is 1. The van der Waals surface area contributed by atoms with Gasteiger partial charge in [0.2, 0.25) is 9.84 Å². The zero-order chi connectivity index (χ0) is 15.1. The monoisotopic (exact) mass is 314 g/mol. The van der Waals surface area contributed by atoms with Gasteiger partial charge in [0.1, 0.15) is 8.07 Å². The summed E-state index contributed by atoms with van der Waals surface area (Å²) in [6.45, 7) is 3.00. The summed E-state index contributed by atoms with van der Waals surface area (Å²) in [4.78, 5) is -0.807. The van der Waals surface area contributed by atoms with E-state index in [1.165, 1.54) is 18.2 Å². The van der Waals surface area contributed by atoms with Crippen molar-refractivity contribution in [3.63, 3.8) is 0 Å². The van der Waals surface area contributed by atoms with Gasteiger partial charge in [0, 0.05) is 0 Å². The van der Waals surface area contributed by atoms with Crippen LogP contribution in [-0.4, -0.2) is 27.3 Å². The number of rotatable bonds is 4. The lowest BCUT2D eigenvalue weighted by Gasteiger charge is -2.34. The van der Waals surface area contributed by atoms with E-state index in [9.17, 15) is 26.0 Å². The molecule has 0 amide bonds. The molecule has 0 aliphatic carbocycles. The van der Waals surface area contributed by atoms with Crippen molar-refractivity contribution < 1.29 is 26.0 Å². The molecule has 0 spiro atoms. The first kappa shape index (κ1) is 16.2. The van der Waals surface area contributed by atoms with Crippen molar-refractivity contribution in [2.24, 2.45) is 0 Å². The van der Waals surface area contributed by atoms with Crippen LogP contribution in [0.1, 0.15) is 0 Å². The fourth-order valence-corrected chi connectivity index (χ4v) is 4.70. The molecule has 0 heterocycles. The maximum atomic E-state index is 13.9. The molecule has 0 aliphatic heterocycles. The minimum atomic E-state index is -5.43. The number of alkyl halides is 4. The Morgan fingerprint density at radius 3 is 1.74 bits per heavy atom. The van der Waals surface area contributed by atoms with Gasteiger partial charge in [-0.05, 0) is 12.1 Å². The fraction of sp³-hybridized carbons (Fsp3) is 0.455. The highest BCUT2D eigenvalue weighted by Crippen LogP contribution is 2.46. The van der Waals surface area contributed by atoms with Crippen LogP contribution in [0.15, 0.2) is 35.2 Å². The van der Waals surface area contributed by atoms with Crippen LogP contribution in [0.5, 0.6) is 0 Å². The Hall–Kier alpha value is -0.893. The van der Waals surface area contributed by atoms with Gasteiger partial charge >= 0.3 is 10.8 Å². The first-order valence-corrected chi connectivity index (χ1v) is 10.4. The molecule has 0 saturated heterocycles. The lowest BCUT2D eigenvalue weighted by molar-refractivity contribution is -0.105. The van der Waals surface area contributed by atoms with E-state index in [0.29, 0.717) is 0 Å². The highest BCUT2D eigenvalue weighted by atomic mass is 32.2. The van der Waals surface area contributed by atoms with E-state index < -0.39 is 33.6 Å². The number of hydrogen-bond acceptors (Lipinski definition) is 2. The van der Waals surface area contributed by atoms with E-state index in [2.05, 4.69) is 0 Å². The van der Waals surface area contributed by atoms with Crippen LogP contribution < -0.4 is 0 Å². The summed E-state index contributed by atoms with van der Waals surface area (Å²) >= 11 is 0. The van der Waals surface area contributed by atoms with Crippen molar-refractivity contribution in [3.05, 3.63) is 30.3 Å². The Kier molecular flexibility index (Phi) is 3.90. The Morgan fingerprint density at radius 2 is 1.37 bits per heavy atom. The average molecular weight is 314 g/mol. The molecule has 0 unspecified atom stereocenters. The molecular weight excluding hydrogens is 300 g/mol. The van der Waals surface area contributed by atoms with Gasteiger partial charge < -0.3 is 0 Å². The van der Waals surface area contributed by atoms with Crippen LogP contribution in [0.2, 0.25) is 19.6 Å². The minimum Gasteiger partial charge on any atom is -0.217 e. The maximum Gasteiger partial charge on any atom is 0.407 e. The van der Waals surface area contributed by atoms with Gasteiger partial charge in [-0.2, -0.15) is 8.78 Å². The molecule has 0 radical (unpaired) electrons. The second-order valence-corrected chi connectivity index (χ2v) is 12.3. The lowest BCUT2D eigenvalue weighted by Crippen LogP contribution is -2.60. The highest BCUT2D eigenvalue weighted by Gasteiger charge is 2.70. The highest BCUT2D eigenvalue weighted by molar-refractivity contribution is 7.92. The van der Waals surface area contributed by atoms with Crippen LogP contribution in [0.4, 0.5) is 17.6 Å². The van der Waals surface area contributed by atoms with Crippen LogP contribution in [0.25, 0.3) is 0 Å². The van der Waals surface area contributed by atoms with Crippen molar-refractivity contribution in [2.75, 3.05) is 0 Å². The molecule has 0 atom stereocenters. The number of halogens is 4. The molecule has 0 saturated carbocycles. The molecule has 2 nitrogen and oxygen atoms in total. The van der Waals surface area contributed by atoms with E-state index in [1.807, 2.05) is 0 Å². The van der Waals surface area contributed by atoms with Crippen molar-refractivity contribution in [3.8, 4) is 0 Å². The Bertz CT molecular complexity index is 550. The normalized spacial score (nSPS) is 14.5. The largest absolute Gasteiger partial charge is 0.407 e. The van der Waals surface area contributed by atoms with Crippen LogP contribution >= 0.6 is 0 Å². The molecule has 0 aromatic heterocycles. The standard InChI is InChI=1S/C11H14F4O2SSi/c1-19(2,3)11(14,15)10(12,13)18(16,17)9-7-5-4-6-8-9/h4-8H,1-3H3. The smallest absolute Gasteiger partial charge is 0.217 e. The van der Waals surface area contributed by atoms with E-state index >= 15 is 0 Å². The first-order valence-electron chi connectivity index (χ1n) is 5.41. The summed E-state index contributed by atoms with van der Waals surface area (Å²) in [5.41, 5.74) is -4.56. The molecule has 1 aromatic rings. The molecule has 1 rings (SSSR count). The van der Waals surface area contributed by atoms with Gasteiger partial charge in [0.05, 0.1) is 4.90 Å². The van der Waals surface area contributed by atoms with Gasteiger partial charge in [-0.3, -0.25) is 0 Å². The molecule has 0 aliphatic rings. The molecule has 0 bridgehead atoms. The predicted molar refractivity (Wildman–Crippen MR) is 66.9 cm³/mol. The van der Waals surface area contributed by atoms with Crippen molar-refractivity contribution in [2.45, 2.75) is 35.3 Å². The predicted octanol–water partition coefficient (Wildman–Crippen LogP) is 3.57. The Balaban J connectivity index is 3.44. The van der Waals surface area contributed by atoms with E-state index in [0.717, 1.165) is 31.8 Å². The van der Waals surface area contributed by atoms with Crippen molar-refractivity contribution >= 4 is 17.9 Å². The summed E-state index contributed by atoms with van der Waals surface area (Å²) < 4.78 is 78.8. The Labute approximate surface area is 110 Å². The molecule has 0 N–H and O–H groups in total. The van der Waals surface area contributed by atoms with Crippen molar-refractivity contribution in [1.29, 1.82) is 0 Å². The molecular formula is C11H14F4O2SSi. The van der Waals surface area contributed by atoms with Crippen LogP contribution in [0.3, 0.4) is 0 Å². The van der Waals surface area contributed by atoms with Crippen molar-refractivity contribution in [1.82, 2.24) is 0 Å². The van der Waals surface area contributed by atoms with E-state index in [1.54, 1.807) is 0 Å². The average Bonchev–Trinajstić information content (AvgIpc) is 2.28. The summed E-state index contributed by atoms with van der Waals surface area (Å²) in [7, 11) is -9.15. The van der Waals surface area contributed by atoms with E-state index in [-0.39, 0.29) is 0 Å². The molecule has 19 heavy (non-hydrogen) atoms. The summed E-state index contributed by atoms with van der Waals surface area (Å²) in [6.07, 6.45) is 0. The molecule has 1 aromatic carbocycles. The summed E-state index contributed by atoms with van der Waals surface area (Å²) in [5.74, 6) is 0. The van der Waals surface area contributed by atoms with Gasteiger partial charge in [-0.1, -0.05) is 37.8 Å². The van der Waals surface area contributed by atoms with E-state index in [4.69, 9.17) is 0 Å². The maximum absolute atomic E-state index is 13.9. The molecule has 108 valence electrons. The fourth-order valence-electron chi connectivity index (χ4n) is 1.35. The second-order valence-electron chi connectivity index (χ2n) is 5.16. The zero-order valence-corrected chi connectivity index (χ0v) is 12.4. The Morgan fingerprint density at radius 1 is 0.947 bits per heavy atom. The third kappa shape index (κ3) is 2.43. The molecule has 0 fully saturated rings. The zero-order valence-electron chi connectivity index (χ0n) is 10.6. The van der Waals surface area contributed by atoms with Crippen LogP contribution in [-0.2, 0) is 9.84 Å². The van der Waals surface area contributed by atoms with Crippen LogP contribution in [0, 0.1) is 0 Å². The van der Waals surface area contributed by atoms with Gasteiger partial charge in [-0.15, -0.1) is 0 Å². The summed E-state index contributed by atoms with van der Waals surface area (Å²) in [5, 5.41) is -5.12. The third-order valence-electron chi connectivity index (χ3n) is 2.70. The SMILES string of the molecule is C[Si](C)(C)C(F)(F)C(F)(F)S(=O)(=O)c1ccccc1. The third-order valence-corrected chi connectivity index (χ3v) is 6.90. The first-order chi connectivity index (χ1) is 8.36. The van der Waals surface area contributed by atoms with Gasteiger partial charge in [0.15, 0.2) is 0 Å². The lowest BCUT2D eigenvalue weighted by atomic mass is 10.4.